The van der Waals surface area contributed by atoms with E-state index in [1.165, 1.54) is 6.07 Å². The van der Waals surface area contributed by atoms with E-state index in [1.807, 2.05) is 0 Å². The van der Waals surface area contributed by atoms with Crippen LogP contribution < -0.4 is 10.5 Å². The third kappa shape index (κ3) is 4.05. The van der Waals surface area contributed by atoms with Gasteiger partial charge in [0.05, 0.1) is 6.54 Å². The highest BCUT2D eigenvalue weighted by Crippen LogP contribution is 2.15. The summed E-state index contributed by atoms with van der Waals surface area (Å²) in [7, 11) is -3.74. The average molecular weight is 301 g/mol. The van der Waals surface area contributed by atoms with Gasteiger partial charge >= 0.3 is 0 Å². The minimum atomic E-state index is -3.74. The van der Waals surface area contributed by atoms with Gasteiger partial charge in [0.2, 0.25) is 5.09 Å². The summed E-state index contributed by atoms with van der Waals surface area (Å²) in [5.74, 6) is 0.598. The Bertz CT molecular complexity index is 531. The van der Waals surface area contributed by atoms with Crippen LogP contribution in [0.4, 0.5) is 0 Å². The Kier molecular flexibility index (Phi) is 4.85. The molecule has 1 fully saturated rings. The fourth-order valence-electron chi connectivity index (χ4n) is 2.47. The van der Waals surface area contributed by atoms with Gasteiger partial charge in [-0.05, 0) is 51.9 Å². The number of hydrogen-bond acceptors (Lipinski definition) is 5. The van der Waals surface area contributed by atoms with Gasteiger partial charge in [-0.25, -0.2) is 13.6 Å². The molecule has 1 aromatic heterocycles. The van der Waals surface area contributed by atoms with Crippen molar-refractivity contribution in [2.75, 3.05) is 13.1 Å². The second-order valence-corrected chi connectivity index (χ2v) is 7.04. The summed E-state index contributed by atoms with van der Waals surface area (Å²) in [6.45, 7) is 7.14. The maximum absolute atomic E-state index is 11.1. The van der Waals surface area contributed by atoms with Crippen LogP contribution in [0.15, 0.2) is 21.6 Å². The topological polar surface area (TPSA) is 88.6 Å². The standard InChI is InChI=1S/C13H23N3O3S/c1-10(2)16-7-5-11(6-8-16)15-9-12-3-4-13(19-12)20(14,17)18/h3-4,10-11,15H,5-9H2,1-2H3,(H2,14,17,18). The summed E-state index contributed by atoms with van der Waals surface area (Å²) >= 11 is 0. The van der Waals surface area contributed by atoms with Crippen molar-refractivity contribution in [1.82, 2.24) is 10.2 Å². The molecule has 0 spiro atoms. The molecule has 0 radical (unpaired) electrons. The molecule has 0 bridgehead atoms. The predicted octanol–water partition coefficient (Wildman–Crippen LogP) is 0.889. The van der Waals surface area contributed by atoms with Crippen LogP contribution in [0.2, 0.25) is 0 Å². The Morgan fingerprint density at radius 1 is 1.40 bits per heavy atom. The van der Waals surface area contributed by atoms with Crippen LogP contribution in [0, 0.1) is 0 Å². The van der Waals surface area contributed by atoms with Crippen LogP contribution in [0.1, 0.15) is 32.4 Å². The molecule has 114 valence electrons. The lowest BCUT2D eigenvalue weighted by molar-refractivity contribution is 0.159. The van der Waals surface area contributed by atoms with Crippen LogP contribution in [0.3, 0.4) is 0 Å². The zero-order valence-electron chi connectivity index (χ0n) is 12.0. The Hall–Kier alpha value is -0.890. The molecule has 3 N–H and O–H groups in total. The van der Waals surface area contributed by atoms with Crippen molar-refractivity contribution in [2.45, 2.75) is 50.4 Å². The summed E-state index contributed by atoms with van der Waals surface area (Å²) in [5, 5.41) is 8.23. The molecule has 1 aliphatic heterocycles. The Balaban J connectivity index is 1.80. The smallest absolute Gasteiger partial charge is 0.271 e. The lowest BCUT2D eigenvalue weighted by Gasteiger charge is -2.34. The van der Waals surface area contributed by atoms with Gasteiger partial charge in [-0.15, -0.1) is 0 Å². The molecule has 1 aliphatic rings. The van der Waals surface area contributed by atoms with E-state index in [0.29, 0.717) is 24.4 Å². The number of piperidine rings is 1. The molecule has 2 heterocycles. The molecule has 0 atom stereocenters. The summed E-state index contributed by atoms with van der Waals surface area (Å²) < 4.78 is 27.4. The lowest BCUT2D eigenvalue weighted by atomic mass is 10.0. The maximum Gasteiger partial charge on any atom is 0.271 e. The second kappa shape index (κ2) is 6.26. The van der Waals surface area contributed by atoms with E-state index in [1.54, 1.807) is 6.07 Å². The fraction of sp³-hybridized carbons (Fsp3) is 0.692. The van der Waals surface area contributed by atoms with Crippen molar-refractivity contribution in [3.63, 3.8) is 0 Å². The molecular weight excluding hydrogens is 278 g/mol. The van der Waals surface area contributed by atoms with E-state index in [2.05, 4.69) is 24.1 Å². The number of furan rings is 1. The lowest BCUT2D eigenvalue weighted by Crippen LogP contribution is -2.44. The third-order valence-electron chi connectivity index (χ3n) is 3.74. The molecule has 2 rings (SSSR count). The van der Waals surface area contributed by atoms with Gasteiger partial charge in [-0.1, -0.05) is 0 Å². The first kappa shape index (κ1) is 15.5. The van der Waals surface area contributed by atoms with Gasteiger partial charge in [0.15, 0.2) is 0 Å². The number of likely N-dealkylation sites (tertiary alicyclic amines) is 1. The molecule has 1 saturated heterocycles. The van der Waals surface area contributed by atoms with E-state index in [4.69, 9.17) is 9.56 Å². The summed E-state index contributed by atoms with van der Waals surface area (Å²) in [4.78, 5) is 2.46. The first-order chi connectivity index (χ1) is 9.36. The Morgan fingerprint density at radius 3 is 2.55 bits per heavy atom. The highest BCUT2D eigenvalue weighted by atomic mass is 32.2. The largest absolute Gasteiger partial charge is 0.447 e. The molecule has 0 saturated carbocycles. The van der Waals surface area contributed by atoms with Crippen LogP contribution in [0.5, 0.6) is 0 Å². The van der Waals surface area contributed by atoms with Crippen LogP contribution in [0.25, 0.3) is 0 Å². The number of rotatable bonds is 5. The molecule has 7 heteroatoms. The Morgan fingerprint density at radius 2 is 2.05 bits per heavy atom. The Labute approximate surface area is 120 Å². The second-order valence-electron chi connectivity index (χ2n) is 5.55. The quantitative estimate of drug-likeness (QED) is 0.843. The summed E-state index contributed by atoms with van der Waals surface area (Å²) in [6, 6.07) is 4.09. The zero-order chi connectivity index (χ0) is 14.8. The highest BCUT2D eigenvalue weighted by Gasteiger charge is 2.21. The normalized spacial score (nSPS) is 18.8. The van der Waals surface area contributed by atoms with Crippen molar-refractivity contribution < 1.29 is 12.8 Å². The number of hydrogen-bond donors (Lipinski definition) is 2. The molecule has 20 heavy (non-hydrogen) atoms. The van der Waals surface area contributed by atoms with Crippen LogP contribution in [-0.2, 0) is 16.6 Å². The van der Waals surface area contributed by atoms with E-state index >= 15 is 0 Å². The highest BCUT2D eigenvalue weighted by molar-refractivity contribution is 7.89. The van der Waals surface area contributed by atoms with Gasteiger partial charge in [0.1, 0.15) is 5.76 Å². The number of nitrogens with one attached hydrogen (secondary N) is 1. The minimum Gasteiger partial charge on any atom is -0.447 e. The maximum atomic E-state index is 11.1. The third-order valence-corrected chi connectivity index (χ3v) is 4.52. The number of nitrogens with two attached hydrogens (primary N) is 1. The summed E-state index contributed by atoms with van der Waals surface area (Å²) in [5.41, 5.74) is 0. The fourth-order valence-corrected chi connectivity index (χ4v) is 2.95. The van der Waals surface area contributed by atoms with Crippen LogP contribution >= 0.6 is 0 Å². The molecule has 1 aromatic rings. The first-order valence-corrected chi connectivity index (χ1v) is 8.50. The molecule has 0 amide bonds. The van der Waals surface area contributed by atoms with Crippen LogP contribution in [-0.4, -0.2) is 38.5 Å². The zero-order valence-corrected chi connectivity index (χ0v) is 12.8. The molecule has 0 unspecified atom stereocenters. The number of nitrogens with zero attached hydrogens (tertiary/aromatic N) is 1. The summed E-state index contributed by atoms with van der Waals surface area (Å²) in [6.07, 6.45) is 2.20. The van der Waals surface area contributed by atoms with Gasteiger partial charge in [0.25, 0.3) is 10.0 Å². The first-order valence-electron chi connectivity index (χ1n) is 6.95. The SMILES string of the molecule is CC(C)N1CCC(NCc2ccc(S(N)(=O)=O)o2)CC1. The van der Waals surface area contributed by atoms with E-state index in [9.17, 15) is 8.42 Å². The predicted molar refractivity (Wildman–Crippen MR) is 76.7 cm³/mol. The van der Waals surface area contributed by atoms with E-state index < -0.39 is 10.0 Å². The van der Waals surface area contributed by atoms with Crippen molar-refractivity contribution in [3.05, 3.63) is 17.9 Å². The van der Waals surface area contributed by atoms with E-state index in [-0.39, 0.29) is 5.09 Å². The minimum absolute atomic E-state index is 0.177. The van der Waals surface area contributed by atoms with Gasteiger partial charge in [0, 0.05) is 12.1 Å². The van der Waals surface area contributed by atoms with Crippen molar-refractivity contribution in [1.29, 1.82) is 0 Å². The monoisotopic (exact) mass is 301 g/mol. The van der Waals surface area contributed by atoms with Crippen molar-refractivity contribution >= 4 is 10.0 Å². The van der Waals surface area contributed by atoms with Crippen molar-refractivity contribution in [3.8, 4) is 0 Å². The van der Waals surface area contributed by atoms with Gasteiger partial charge in [-0.3, -0.25) is 0 Å². The molecule has 6 nitrogen and oxygen atoms in total. The van der Waals surface area contributed by atoms with Gasteiger partial charge in [-0.2, -0.15) is 0 Å². The van der Waals surface area contributed by atoms with Gasteiger partial charge < -0.3 is 14.6 Å². The average Bonchev–Trinajstić information content (AvgIpc) is 2.85. The molecule has 0 aromatic carbocycles. The van der Waals surface area contributed by atoms with Crippen molar-refractivity contribution in [2.24, 2.45) is 5.14 Å². The number of sulfonamides is 1. The molecular formula is C13H23N3O3S. The molecule has 0 aliphatic carbocycles. The number of primary sulfonamides is 1. The van der Waals surface area contributed by atoms with E-state index in [0.717, 1.165) is 25.9 Å².